The molecule has 0 aliphatic rings. The van der Waals surface area contributed by atoms with Gasteiger partial charge in [0.25, 0.3) is 0 Å². The van der Waals surface area contributed by atoms with E-state index in [-0.39, 0.29) is 12.5 Å². The Balaban J connectivity index is 3.18. The summed E-state index contributed by atoms with van der Waals surface area (Å²) in [6.07, 6.45) is 1.11. The van der Waals surface area contributed by atoms with Crippen LogP contribution in [-0.4, -0.2) is 32.7 Å². The molecule has 1 rings (SSSR count). The van der Waals surface area contributed by atoms with E-state index >= 15 is 0 Å². The lowest BCUT2D eigenvalue weighted by Crippen LogP contribution is -2.47. The summed E-state index contributed by atoms with van der Waals surface area (Å²) in [6, 6.07) is 5.54. The normalized spacial score (nSPS) is 12.1. The third-order valence-electron chi connectivity index (χ3n) is 2.89. The van der Waals surface area contributed by atoms with Crippen LogP contribution in [0.2, 0.25) is 0 Å². The van der Waals surface area contributed by atoms with Gasteiger partial charge in [0.15, 0.2) is 0 Å². The van der Waals surface area contributed by atoms with Gasteiger partial charge in [-0.15, -0.1) is 0 Å². The van der Waals surface area contributed by atoms with E-state index in [9.17, 15) is 13.2 Å². The molecule has 0 aliphatic carbocycles. The molecule has 0 radical (unpaired) electrons. The molecule has 0 saturated heterocycles. The second kappa shape index (κ2) is 6.05. The van der Waals surface area contributed by atoms with E-state index in [1.165, 1.54) is 4.31 Å². The maximum atomic E-state index is 12.1. The van der Waals surface area contributed by atoms with Crippen LogP contribution in [0.15, 0.2) is 18.2 Å². The fourth-order valence-corrected chi connectivity index (χ4v) is 3.12. The van der Waals surface area contributed by atoms with Crippen LogP contribution < -0.4 is 9.62 Å². The Bertz CT molecular complexity index is 611. The molecule has 5 nitrogen and oxygen atoms in total. The zero-order valence-electron chi connectivity index (χ0n) is 13.5. The number of anilines is 1. The molecule has 0 bridgehead atoms. The lowest BCUT2D eigenvalue weighted by atomic mass is 10.1. The van der Waals surface area contributed by atoms with Gasteiger partial charge in [0.2, 0.25) is 15.9 Å². The predicted molar refractivity (Wildman–Crippen MR) is 86.0 cm³/mol. The van der Waals surface area contributed by atoms with E-state index in [1.807, 2.05) is 52.8 Å². The van der Waals surface area contributed by atoms with Crippen LogP contribution in [0.1, 0.15) is 31.9 Å². The number of hydrogen-bond acceptors (Lipinski definition) is 3. The number of nitrogens with zero attached hydrogens (tertiary/aromatic N) is 1. The molecule has 0 atom stereocenters. The van der Waals surface area contributed by atoms with E-state index in [4.69, 9.17) is 0 Å². The maximum Gasteiger partial charge on any atom is 0.241 e. The van der Waals surface area contributed by atoms with Crippen molar-refractivity contribution in [2.75, 3.05) is 17.1 Å². The highest BCUT2D eigenvalue weighted by Crippen LogP contribution is 2.26. The number of carbonyl (C=O) groups is 1. The first-order valence-corrected chi connectivity index (χ1v) is 8.61. The van der Waals surface area contributed by atoms with E-state index in [2.05, 4.69) is 5.32 Å². The summed E-state index contributed by atoms with van der Waals surface area (Å²) in [6.45, 7) is 9.02. The zero-order valence-corrected chi connectivity index (χ0v) is 14.3. The van der Waals surface area contributed by atoms with Gasteiger partial charge in [-0.1, -0.05) is 18.2 Å². The highest BCUT2D eigenvalue weighted by molar-refractivity contribution is 7.92. The smallest absolute Gasteiger partial charge is 0.241 e. The van der Waals surface area contributed by atoms with Crippen LogP contribution >= 0.6 is 0 Å². The van der Waals surface area contributed by atoms with Crippen LogP contribution in [0.3, 0.4) is 0 Å². The summed E-state index contributed by atoms with van der Waals surface area (Å²) in [4.78, 5) is 12.1. The molecule has 0 aliphatic heterocycles. The fraction of sp³-hybridized carbons (Fsp3) is 0.533. The number of amides is 1. The van der Waals surface area contributed by atoms with Crippen molar-refractivity contribution in [1.29, 1.82) is 0 Å². The van der Waals surface area contributed by atoms with Crippen LogP contribution in [-0.2, 0) is 14.8 Å². The number of aryl methyl sites for hydroxylation is 2. The van der Waals surface area contributed by atoms with Gasteiger partial charge >= 0.3 is 0 Å². The Kier molecular flexibility index (Phi) is 5.04. The molecule has 1 aromatic rings. The molecule has 0 fully saturated rings. The summed E-state index contributed by atoms with van der Waals surface area (Å²) in [5.41, 5.74) is 1.82. The first kappa shape index (κ1) is 17.5. The SMILES string of the molecule is Cc1cccc(C)c1N(CC(=O)NC(C)(C)C)S(C)(=O)=O. The van der Waals surface area contributed by atoms with Crippen LogP contribution in [0, 0.1) is 13.8 Å². The van der Waals surface area contributed by atoms with Gasteiger partial charge in [-0.3, -0.25) is 9.10 Å². The standard InChI is InChI=1S/C15H24N2O3S/c1-11-8-7-9-12(2)14(11)17(21(6,19)20)10-13(18)16-15(3,4)5/h7-9H,10H2,1-6H3,(H,16,18). The molecular formula is C15H24N2O3S. The van der Waals surface area contributed by atoms with E-state index < -0.39 is 15.6 Å². The van der Waals surface area contributed by atoms with Gasteiger partial charge < -0.3 is 5.32 Å². The molecule has 1 amide bonds. The molecule has 0 saturated carbocycles. The number of carbonyl (C=O) groups excluding carboxylic acids is 1. The lowest BCUT2D eigenvalue weighted by molar-refractivity contribution is -0.121. The van der Waals surface area contributed by atoms with Crippen molar-refractivity contribution in [3.63, 3.8) is 0 Å². The van der Waals surface area contributed by atoms with E-state index in [0.29, 0.717) is 5.69 Å². The second-order valence-corrected chi connectivity index (χ2v) is 8.22. The van der Waals surface area contributed by atoms with Crippen molar-refractivity contribution in [1.82, 2.24) is 5.32 Å². The first-order chi connectivity index (χ1) is 9.42. The summed E-state index contributed by atoms with van der Waals surface area (Å²) in [5, 5.41) is 2.79. The lowest BCUT2D eigenvalue weighted by Gasteiger charge is -2.27. The monoisotopic (exact) mass is 312 g/mol. The van der Waals surface area contributed by atoms with Gasteiger partial charge in [0.05, 0.1) is 11.9 Å². The highest BCUT2D eigenvalue weighted by Gasteiger charge is 2.25. The minimum Gasteiger partial charge on any atom is -0.350 e. The number of benzene rings is 1. The molecule has 1 N–H and O–H groups in total. The third kappa shape index (κ3) is 5.04. The summed E-state index contributed by atoms with van der Waals surface area (Å²) < 4.78 is 25.3. The van der Waals surface area contributed by atoms with Gasteiger partial charge in [0.1, 0.15) is 6.54 Å². The van der Waals surface area contributed by atoms with Crippen molar-refractivity contribution in [2.45, 2.75) is 40.2 Å². The fourth-order valence-electron chi connectivity index (χ4n) is 2.15. The van der Waals surface area contributed by atoms with Crippen molar-refractivity contribution < 1.29 is 13.2 Å². The summed E-state index contributed by atoms with van der Waals surface area (Å²) in [5.74, 6) is -0.324. The summed E-state index contributed by atoms with van der Waals surface area (Å²) >= 11 is 0. The molecule has 1 aromatic carbocycles. The number of nitrogens with one attached hydrogen (secondary N) is 1. The Morgan fingerprint density at radius 1 is 1.19 bits per heavy atom. The first-order valence-electron chi connectivity index (χ1n) is 6.77. The highest BCUT2D eigenvalue weighted by atomic mass is 32.2. The molecule has 0 unspecified atom stereocenters. The average Bonchev–Trinajstić information content (AvgIpc) is 2.23. The van der Waals surface area contributed by atoms with Crippen molar-refractivity contribution in [3.8, 4) is 0 Å². The van der Waals surface area contributed by atoms with Gasteiger partial charge in [0, 0.05) is 5.54 Å². The zero-order chi connectivity index (χ0) is 16.4. The number of sulfonamides is 1. The average molecular weight is 312 g/mol. The predicted octanol–water partition coefficient (Wildman–Crippen LogP) is 1.98. The largest absolute Gasteiger partial charge is 0.350 e. The minimum absolute atomic E-state index is 0.220. The molecule has 0 spiro atoms. The van der Waals surface area contributed by atoms with Gasteiger partial charge in [-0.25, -0.2) is 8.42 Å². The van der Waals surface area contributed by atoms with Gasteiger partial charge in [-0.05, 0) is 45.7 Å². The molecule has 118 valence electrons. The molecular weight excluding hydrogens is 288 g/mol. The maximum absolute atomic E-state index is 12.1. The molecule has 21 heavy (non-hydrogen) atoms. The summed E-state index contributed by atoms with van der Waals surface area (Å²) in [7, 11) is -3.54. The van der Waals surface area contributed by atoms with Crippen LogP contribution in [0.5, 0.6) is 0 Å². The Morgan fingerprint density at radius 3 is 2.05 bits per heavy atom. The van der Waals surface area contributed by atoms with E-state index in [1.54, 1.807) is 0 Å². The van der Waals surface area contributed by atoms with Crippen molar-refractivity contribution >= 4 is 21.6 Å². The van der Waals surface area contributed by atoms with Crippen molar-refractivity contribution in [3.05, 3.63) is 29.3 Å². The topological polar surface area (TPSA) is 66.5 Å². The van der Waals surface area contributed by atoms with Crippen LogP contribution in [0.4, 0.5) is 5.69 Å². The Hall–Kier alpha value is -1.56. The van der Waals surface area contributed by atoms with Gasteiger partial charge in [-0.2, -0.15) is 0 Å². The Morgan fingerprint density at radius 2 is 1.67 bits per heavy atom. The number of rotatable bonds is 4. The quantitative estimate of drug-likeness (QED) is 0.924. The number of hydrogen-bond donors (Lipinski definition) is 1. The molecule has 0 heterocycles. The van der Waals surface area contributed by atoms with E-state index in [0.717, 1.165) is 17.4 Å². The molecule has 0 aromatic heterocycles. The van der Waals surface area contributed by atoms with Crippen LogP contribution in [0.25, 0.3) is 0 Å². The third-order valence-corrected chi connectivity index (χ3v) is 4.00. The second-order valence-electron chi connectivity index (χ2n) is 6.31. The minimum atomic E-state index is -3.54. The number of para-hydroxylation sites is 1. The molecule has 6 heteroatoms. The van der Waals surface area contributed by atoms with Crippen molar-refractivity contribution in [2.24, 2.45) is 0 Å². The Labute approximate surface area is 127 Å².